The Kier molecular flexibility index (Phi) is 5.86. The van der Waals surface area contributed by atoms with Gasteiger partial charge in [0.15, 0.2) is 0 Å². The van der Waals surface area contributed by atoms with Crippen LogP contribution in [0.2, 0.25) is 0 Å². The van der Waals surface area contributed by atoms with E-state index in [0.29, 0.717) is 6.54 Å². The summed E-state index contributed by atoms with van der Waals surface area (Å²) < 4.78 is 5.29. The van der Waals surface area contributed by atoms with Crippen LogP contribution in [0.15, 0.2) is 0 Å². The summed E-state index contributed by atoms with van der Waals surface area (Å²) in [6.45, 7) is 9.70. The van der Waals surface area contributed by atoms with Crippen LogP contribution in [0.3, 0.4) is 0 Å². The number of carbonyl (C=O) groups is 1. The van der Waals surface area contributed by atoms with Crippen LogP contribution in [0.1, 0.15) is 0 Å². The predicted molar refractivity (Wildman–Crippen MR) is 69.6 cm³/mol. The second-order valence-corrected chi connectivity index (χ2v) is 4.83. The van der Waals surface area contributed by atoms with Crippen molar-refractivity contribution < 1.29 is 9.53 Å². The molecule has 2 heterocycles. The van der Waals surface area contributed by atoms with E-state index < -0.39 is 0 Å². The van der Waals surface area contributed by atoms with Gasteiger partial charge in [-0.1, -0.05) is 0 Å². The fraction of sp³-hybridized carbons (Fsp3) is 0.917. The normalized spacial score (nSPS) is 22.9. The molecule has 2 rings (SSSR count). The third kappa shape index (κ3) is 4.89. The molecule has 2 aliphatic heterocycles. The number of nitrogens with zero attached hydrogens (tertiary/aromatic N) is 2. The molecule has 104 valence electrons. The summed E-state index contributed by atoms with van der Waals surface area (Å²) >= 11 is 0. The number of hydrogen-bond acceptors (Lipinski definition) is 5. The first-order valence-corrected chi connectivity index (χ1v) is 6.84. The van der Waals surface area contributed by atoms with Gasteiger partial charge in [0, 0.05) is 52.4 Å². The summed E-state index contributed by atoms with van der Waals surface area (Å²) in [4.78, 5) is 16.3. The molecule has 0 aromatic rings. The van der Waals surface area contributed by atoms with Gasteiger partial charge in [-0.3, -0.25) is 14.6 Å². The first-order valence-electron chi connectivity index (χ1n) is 6.84. The van der Waals surface area contributed by atoms with Crippen LogP contribution in [0, 0.1) is 0 Å². The molecule has 0 atom stereocenters. The van der Waals surface area contributed by atoms with Crippen molar-refractivity contribution in [3.8, 4) is 0 Å². The van der Waals surface area contributed by atoms with E-state index in [1.807, 2.05) is 0 Å². The Morgan fingerprint density at radius 2 is 1.83 bits per heavy atom. The number of nitrogens with one attached hydrogen (secondary N) is 2. The van der Waals surface area contributed by atoms with E-state index in [-0.39, 0.29) is 5.91 Å². The zero-order valence-corrected chi connectivity index (χ0v) is 11.0. The standard InChI is InChI=1S/C12H24N4O2/c17-12(11-16-4-1-13-2-5-16)14-3-6-15-7-9-18-10-8-15/h13H,1-11H2,(H,14,17). The Morgan fingerprint density at radius 3 is 2.56 bits per heavy atom. The van der Waals surface area contributed by atoms with Gasteiger partial charge in [-0.05, 0) is 0 Å². The first-order chi connectivity index (χ1) is 8.84. The van der Waals surface area contributed by atoms with E-state index in [1.165, 1.54) is 0 Å². The molecule has 1 amide bonds. The topological polar surface area (TPSA) is 56.8 Å². The Morgan fingerprint density at radius 1 is 1.11 bits per heavy atom. The molecule has 0 radical (unpaired) electrons. The highest BCUT2D eigenvalue weighted by Crippen LogP contribution is 1.95. The molecule has 0 bridgehead atoms. The van der Waals surface area contributed by atoms with Crippen molar-refractivity contribution in [2.24, 2.45) is 0 Å². The van der Waals surface area contributed by atoms with Gasteiger partial charge in [0.1, 0.15) is 0 Å². The van der Waals surface area contributed by atoms with Crippen LogP contribution in [-0.4, -0.2) is 87.8 Å². The van der Waals surface area contributed by atoms with Crippen LogP contribution < -0.4 is 10.6 Å². The van der Waals surface area contributed by atoms with Crippen molar-refractivity contribution in [2.75, 3.05) is 72.1 Å². The smallest absolute Gasteiger partial charge is 0.234 e. The van der Waals surface area contributed by atoms with Crippen LogP contribution in [0.5, 0.6) is 0 Å². The van der Waals surface area contributed by atoms with Crippen LogP contribution in [0.25, 0.3) is 0 Å². The SMILES string of the molecule is O=C(CN1CCNCC1)NCCN1CCOCC1. The van der Waals surface area contributed by atoms with E-state index in [4.69, 9.17) is 4.74 Å². The molecule has 2 aliphatic rings. The second-order valence-electron chi connectivity index (χ2n) is 4.83. The maximum Gasteiger partial charge on any atom is 0.234 e. The molecule has 6 heteroatoms. The maximum absolute atomic E-state index is 11.7. The average molecular weight is 256 g/mol. The van der Waals surface area contributed by atoms with Gasteiger partial charge >= 0.3 is 0 Å². The van der Waals surface area contributed by atoms with Gasteiger partial charge in [0.25, 0.3) is 0 Å². The van der Waals surface area contributed by atoms with Gasteiger partial charge in [-0.25, -0.2) is 0 Å². The minimum Gasteiger partial charge on any atom is -0.379 e. The minimum atomic E-state index is 0.144. The zero-order chi connectivity index (χ0) is 12.6. The minimum absolute atomic E-state index is 0.144. The molecule has 2 N–H and O–H groups in total. The Hall–Kier alpha value is -0.690. The molecule has 0 saturated carbocycles. The highest BCUT2D eigenvalue weighted by atomic mass is 16.5. The molecule has 2 saturated heterocycles. The van der Waals surface area contributed by atoms with Gasteiger partial charge in [-0.2, -0.15) is 0 Å². The van der Waals surface area contributed by atoms with E-state index >= 15 is 0 Å². The molecule has 2 fully saturated rings. The van der Waals surface area contributed by atoms with Crippen LogP contribution in [0.4, 0.5) is 0 Å². The zero-order valence-electron chi connectivity index (χ0n) is 11.0. The molecule has 6 nitrogen and oxygen atoms in total. The summed E-state index contributed by atoms with van der Waals surface area (Å²) in [6, 6.07) is 0. The fourth-order valence-corrected chi connectivity index (χ4v) is 2.31. The molecular weight excluding hydrogens is 232 g/mol. The summed E-state index contributed by atoms with van der Waals surface area (Å²) in [5.41, 5.74) is 0. The number of hydrogen-bond donors (Lipinski definition) is 2. The lowest BCUT2D eigenvalue weighted by molar-refractivity contribution is -0.122. The first kappa shape index (κ1) is 13.7. The highest BCUT2D eigenvalue weighted by molar-refractivity contribution is 5.78. The Balaban J connectivity index is 1.53. The van der Waals surface area contributed by atoms with Gasteiger partial charge in [0.2, 0.25) is 5.91 Å². The quantitative estimate of drug-likeness (QED) is 0.617. The van der Waals surface area contributed by atoms with Crippen molar-refractivity contribution in [3.63, 3.8) is 0 Å². The van der Waals surface area contributed by atoms with E-state index in [9.17, 15) is 4.79 Å². The van der Waals surface area contributed by atoms with E-state index in [2.05, 4.69) is 20.4 Å². The molecule has 0 unspecified atom stereocenters. The molecular formula is C12H24N4O2. The maximum atomic E-state index is 11.7. The highest BCUT2D eigenvalue weighted by Gasteiger charge is 2.14. The monoisotopic (exact) mass is 256 g/mol. The molecule has 0 spiro atoms. The van der Waals surface area contributed by atoms with Crippen LogP contribution in [-0.2, 0) is 9.53 Å². The predicted octanol–water partition coefficient (Wildman–Crippen LogP) is -1.66. The molecule has 0 aromatic carbocycles. The van der Waals surface area contributed by atoms with Crippen molar-refractivity contribution in [1.82, 2.24) is 20.4 Å². The van der Waals surface area contributed by atoms with Crippen molar-refractivity contribution in [2.45, 2.75) is 0 Å². The summed E-state index contributed by atoms with van der Waals surface area (Å²) in [5, 5.41) is 6.28. The Labute approximate surface area is 109 Å². The molecule has 0 aliphatic carbocycles. The number of ether oxygens (including phenoxy) is 1. The van der Waals surface area contributed by atoms with E-state index in [0.717, 1.165) is 65.6 Å². The third-order valence-corrected chi connectivity index (χ3v) is 3.43. The lowest BCUT2D eigenvalue weighted by atomic mass is 10.3. The average Bonchev–Trinajstić information content (AvgIpc) is 2.41. The van der Waals surface area contributed by atoms with Crippen molar-refractivity contribution >= 4 is 5.91 Å². The Bertz CT molecular complexity index is 250. The second kappa shape index (κ2) is 7.68. The lowest BCUT2D eigenvalue weighted by Gasteiger charge is -2.28. The van der Waals surface area contributed by atoms with Gasteiger partial charge in [0.05, 0.1) is 19.8 Å². The van der Waals surface area contributed by atoms with Gasteiger partial charge in [-0.15, -0.1) is 0 Å². The summed E-state index contributed by atoms with van der Waals surface area (Å²) in [7, 11) is 0. The number of carbonyl (C=O) groups excluding carboxylic acids is 1. The lowest BCUT2D eigenvalue weighted by Crippen LogP contribution is -2.48. The summed E-state index contributed by atoms with van der Waals surface area (Å²) in [6.07, 6.45) is 0. The van der Waals surface area contributed by atoms with E-state index in [1.54, 1.807) is 0 Å². The molecule has 0 aromatic heterocycles. The number of amides is 1. The van der Waals surface area contributed by atoms with Gasteiger partial charge < -0.3 is 15.4 Å². The largest absolute Gasteiger partial charge is 0.379 e. The number of piperazine rings is 1. The number of rotatable bonds is 5. The third-order valence-electron chi connectivity index (χ3n) is 3.43. The molecule has 18 heavy (non-hydrogen) atoms. The number of morpholine rings is 1. The van der Waals surface area contributed by atoms with Crippen LogP contribution >= 0.6 is 0 Å². The fourth-order valence-electron chi connectivity index (χ4n) is 2.31. The van der Waals surface area contributed by atoms with Crippen molar-refractivity contribution in [3.05, 3.63) is 0 Å². The summed E-state index contributed by atoms with van der Waals surface area (Å²) in [5.74, 6) is 0.144. The van der Waals surface area contributed by atoms with Crippen molar-refractivity contribution in [1.29, 1.82) is 0 Å².